The SMILES string of the molecule is Cc1cc(C)c(COC(=O)c2cc(N)cc(N)c2)c(C)c1. The molecular formula is C17H20N2O2. The number of carbonyl (C=O) groups is 1. The number of rotatable bonds is 3. The summed E-state index contributed by atoms with van der Waals surface area (Å²) in [5.74, 6) is -0.423. The van der Waals surface area contributed by atoms with Crippen molar-refractivity contribution < 1.29 is 9.53 Å². The van der Waals surface area contributed by atoms with Crippen molar-refractivity contribution in [1.29, 1.82) is 0 Å². The lowest BCUT2D eigenvalue weighted by Crippen LogP contribution is -2.08. The fraction of sp³-hybridized carbons (Fsp3) is 0.235. The lowest BCUT2D eigenvalue weighted by Gasteiger charge is -2.12. The quantitative estimate of drug-likeness (QED) is 0.670. The Morgan fingerprint density at radius 2 is 1.48 bits per heavy atom. The van der Waals surface area contributed by atoms with E-state index in [4.69, 9.17) is 16.2 Å². The highest BCUT2D eigenvalue weighted by Gasteiger charge is 2.11. The largest absolute Gasteiger partial charge is 0.457 e. The molecule has 0 unspecified atom stereocenters. The van der Waals surface area contributed by atoms with E-state index in [0.717, 1.165) is 16.7 Å². The number of carbonyl (C=O) groups excluding carboxylic acids is 1. The maximum atomic E-state index is 12.1. The number of ether oxygens (including phenoxy) is 1. The van der Waals surface area contributed by atoms with Gasteiger partial charge < -0.3 is 16.2 Å². The Balaban J connectivity index is 2.15. The van der Waals surface area contributed by atoms with E-state index in [1.807, 2.05) is 20.8 Å². The van der Waals surface area contributed by atoms with Crippen LogP contribution in [0.2, 0.25) is 0 Å². The summed E-state index contributed by atoms with van der Waals surface area (Å²) in [6.07, 6.45) is 0. The smallest absolute Gasteiger partial charge is 0.338 e. The van der Waals surface area contributed by atoms with Crippen LogP contribution >= 0.6 is 0 Å². The number of anilines is 2. The molecule has 0 aliphatic carbocycles. The summed E-state index contributed by atoms with van der Waals surface area (Å²) in [5, 5.41) is 0. The highest BCUT2D eigenvalue weighted by molar-refractivity contribution is 5.91. The summed E-state index contributed by atoms with van der Waals surface area (Å²) in [7, 11) is 0. The Morgan fingerprint density at radius 1 is 0.952 bits per heavy atom. The third-order valence-corrected chi connectivity index (χ3v) is 3.40. The highest BCUT2D eigenvalue weighted by atomic mass is 16.5. The van der Waals surface area contributed by atoms with Crippen LogP contribution < -0.4 is 11.5 Å². The van der Waals surface area contributed by atoms with Gasteiger partial charge in [-0.25, -0.2) is 4.79 Å². The number of esters is 1. The molecule has 2 aromatic carbocycles. The van der Waals surface area contributed by atoms with Gasteiger partial charge in [0.1, 0.15) is 6.61 Å². The highest BCUT2D eigenvalue weighted by Crippen LogP contribution is 2.19. The number of aryl methyl sites for hydroxylation is 3. The molecule has 0 fully saturated rings. The maximum absolute atomic E-state index is 12.1. The van der Waals surface area contributed by atoms with E-state index in [0.29, 0.717) is 16.9 Å². The van der Waals surface area contributed by atoms with Crippen LogP contribution in [0, 0.1) is 20.8 Å². The lowest BCUT2D eigenvalue weighted by molar-refractivity contribution is 0.0471. The van der Waals surface area contributed by atoms with Crippen LogP contribution in [0.3, 0.4) is 0 Å². The van der Waals surface area contributed by atoms with E-state index in [2.05, 4.69) is 12.1 Å². The molecule has 0 amide bonds. The molecule has 4 nitrogen and oxygen atoms in total. The first-order valence-electron chi connectivity index (χ1n) is 6.76. The Morgan fingerprint density at radius 3 is 2.00 bits per heavy atom. The first kappa shape index (κ1) is 14.9. The van der Waals surface area contributed by atoms with E-state index in [-0.39, 0.29) is 6.61 Å². The zero-order valence-electron chi connectivity index (χ0n) is 12.6. The van der Waals surface area contributed by atoms with Gasteiger partial charge >= 0.3 is 5.97 Å². The van der Waals surface area contributed by atoms with E-state index >= 15 is 0 Å². The molecular weight excluding hydrogens is 264 g/mol. The van der Waals surface area contributed by atoms with Crippen molar-refractivity contribution in [3.05, 3.63) is 58.1 Å². The molecule has 0 atom stereocenters. The topological polar surface area (TPSA) is 78.3 Å². The van der Waals surface area contributed by atoms with E-state index < -0.39 is 5.97 Å². The van der Waals surface area contributed by atoms with Crippen molar-refractivity contribution in [3.63, 3.8) is 0 Å². The summed E-state index contributed by atoms with van der Waals surface area (Å²) in [6, 6.07) is 8.88. The van der Waals surface area contributed by atoms with E-state index in [1.165, 1.54) is 5.56 Å². The van der Waals surface area contributed by atoms with Crippen LogP contribution in [0.5, 0.6) is 0 Å². The van der Waals surface area contributed by atoms with E-state index in [9.17, 15) is 4.79 Å². The number of nitrogen functional groups attached to an aromatic ring is 2. The number of hydrogen-bond acceptors (Lipinski definition) is 4. The molecule has 21 heavy (non-hydrogen) atoms. The van der Waals surface area contributed by atoms with Gasteiger partial charge in [-0.3, -0.25) is 0 Å². The van der Waals surface area contributed by atoms with Gasteiger partial charge in [-0.2, -0.15) is 0 Å². The van der Waals surface area contributed by atoms with Gasteiger partial charge in [0.15, 0.2) is 0 Å². The maximum Gasteiger partial charge on any atom is 0.338 e. The van der Waals surface area contributed by atoms with Gasteiger partial charge in [-0.1, -0.05) is 17.7 Å². The molecule has 4 N–H and O–H groups in total. The van der Waals surface area contributed by atoms with Crippen LogP contribution in [0.15, 0.2) is 30.3 Å². The van der Waals surface area contributed by atoms with Gasteiger partial charge in [-0.05, 0) is 55.7 Å². The third kappa shape index (κ3) is 3.54. The van der Waals surface area contributed by atoms with Crippen molar-refractivity contribution in [2.75, 3.05) is 11.5 Å². The predicted octanol–water partition coefficient (Wildman–Crippen LogP) is 3.13. The number of benzene rings is 2. The molecule has 2 aromatic rings. The Kier molecular flexibility index (Phi) is 4.17. The summed E-state index contributed by atoms with van der Waals surface area (Å²) in [6.45, 7) is 6.32. The van der Waals surface area contributed by atoms with Crippen LogP contribution in [-0.2, 0) is 11.3 Å². The molecule has 110 valence electrons. The minimum absolute atomic E-state index is 0.242. The molecule has 0 radical (unpaired) electrons. The third-order valence-electron chi connectivity index (χ3n) is 3.40. The Hall–Kier alpha value is -2.49. The van der Waals surface area contributed by atoms with Crippen molar-refractivity contribution in [2.45, 2.75) is 27.4 Å². The average molecular weight is 284 g/mol. The number of hydrogen-bond donors (Lipinski definition) is 2. The van der Waals surface area contributed by atoms with Crippen LogP contribution in [0.4, 0.5) is 11.4 Å². The normalized spacial score (nSPS) is 10.4. The summed E-state index contributed by atoms with van der Waals surface area (Å²) < 4.78 is 5.38. The van der Waals surface area contributed by atoms with Gasteiger partial charge in [-0.15, -0.1) is 0 Å². The minimum Gasteiger partial charge on any atom is -0.457 e. The van der Waals surface area contributed by atoms with Crippen molar-refractivity contribution in [2.24, 2.45) is 0 Å². The van der Waals surface area contributed by atoms with Gasteiger partial charge in [0, 0.05) is 11.4 Å². The minimum atomic E-state index is -0.423. The van der Waals surface area contributed by atoms with Crippen molar-refractivity contribution in [1.82, 2.24) is 0 Å². The molecule has 0 saturated carbocycles. The van der Waals surface area contributed by atoms with Gasteiger partial charge in [0.25, 0.3) is 0 Å². The standard InChI is InChI=1S/C17H20N2O2/c1-10-4-11(2)16(12(3)5-10)9-21-17(20)13-6-14(18)8-15(19)7-13/h4-8H,9,18-19H2,1-3H3. The molecule has 0 spiro atoms. The lowest BCUT2D eigenvalue weighted by atomic mass is 10.0. The summed E-state index contributed by atoms with van der Waals surface area (Å²) in [5.41, 5.74) is 17.1. The van der Waals surface area contributed by atoms with Crippen molar-refractivity contribution >= 4 is 17.3 Å². The summed E-state index contributed by atoms with van der Waals surface area (Å²) >= 11 is 0. The van der Waals surface area contributed by atoms with E-state index in [1.54, 1.807) is 18.2 Å². The predicted molar refractivity (Wildman–Crippen MR) is 85.0 cm³/mol. The van der Waals surface area contributed by atoms with Crippen LogP contribution in [-0.4, -0.2) is 5.97 Å². The fourth-order valence-corrected chi connectivity index (χ4v) is 2.45. The average Bonchev–Trinajstić information content (AvgIpc) is 2.35. The zero-order chi connectivity index (χ0) is 15.6. The molecule has 0 bridgehead atoms. The second kappa shape index (κ2) is 5.87. The monoisotopic (exact) mass is 284 g/mol. The molecule has 0 aliphatic heterocycles. The molecule has 0 heterocycles. The van der Waals surface area contributed by atoms with Crippen LogP contribution in [0.25, 0.3) is 0 Å². The Bertz CT molecular complexity index is 650. The van der Waals surface area contributed by atoms with Crippen LogP contribution in [0.1, 0.15) is 32.6 Å². The first-order valence-corrected chi connectivity index (χ1v) is 6.76. The molecule has 4 heteroatoms. The second-order valence-electron chi connectivity index (χ2n) is 5.34. The van der Waals surface area contributed by atoms with Crippen molar-refractivity contribution in [3.8, 4) is 0 Å². The Labute approximate surface area is 124 Å². The second-order valence-corrected chi connectivity index (χ2v) is 5.34. The summed E-state index contributed by atoms with van der Waals surface area (Å²) in [4.78, 5) is 12.1. The zero-order valence-corrected chi connectivity index (χ0v) is 12.6. The molecule has 0 saturated heterocycles. The molecule has 0 aromatic heterocycles. The van der Waals surface area contributed by atoms with Gasteiger partial charge in [0.05, 0.1) is 5.56 Å². The fourth-order valence-electron chi connectivity index (χ4n) is 2.45. The first-order chi connectivity index (χ1) is 9.86. The number of nitrogens with two attached hydrogens (primary N) is 2. The molecule has 0 aliphatic rings. The molecule has 2 rings (SSSR count). The van der Waals surface area contributed by atoms with Gasteiger partial charge in [0.2, 0.25) is 0 Å².